The van der Waals surface area contributed by atoms with Gasteiger partial charge < -0.3 is 8.92 Å². The van der Waals surface area contributed by atoms with Gasteiger partial charge in [-0.15, -0.1) is 0 Å². The summed E-state index contributed by atoms with van der Waals surface area (Å²) in [6.07, 6.45) is 1.52. The zero-order chi connectivity index (χ0) is 20.3. The van der Waals surface area contributed by atoms with Crippen LogP contribution in [0.3, 0.4) is 0 Å². The average Bonchev–Trinajstić information content (AvgIpc) is 2.95. The van der Waals surface area contributed by atoms with Crippen LogP contribution in [0, 0.1) is 6.92 Å². The number of benzene rings is 2. The average molecular weight is 419 g/mol. The quantitative estimate of drug-likeness (QED) is 0.565. The molecule has 0 bridgehead atoms. The minimum atomic E-state index is -4.03. The Bertz CT molecular complexity index is 1060. The van der Waals surface area contributed by atoms with E-state index in [0.717, 1.165) is 17.3 Å². The van der Waals surface area contributed by atoms with Gasteiger partial charge in [0.1, 0.15) is 4.90 Å². The van der Waals surface area contributed by atoms with Crippen molar-refractivity contribution in [1.82, 2.24) is 5.32 Å². The van der Waals surface area contributed by atoms with Gasteiger partial charge in [-0.05, 0) is 61.5 Å². The lowest BCUT2D eigenvalue weighted by Crippen LogP contribution is -2.17. The predicted molar refractivity (Wildman–Crippen MR) is 106 cm³/mol. The third-order valence-electron chi connectivity index (χ3n) is 3.72. The summed E-state index contributed by atoms with van der Waals surface area (Å²) in [5.74, 6) is -0.235. The molecule has 1 saturated heterocycles. The molecule has 7 nitrogen and oxygen atoms in total. The van der Waals surface area contributed by atoms with Gasteiger partial charge in [0, 0.05) is 0 Å². The van der Waals surface area contributed by atoms with Crippen molar-refractivity contribution in [2.45, 2.75) is 18.7 Å². The molecule has 0 saturated carbocycles. The molecular weight excluding hydrogens is 402 g/mol. The molecule has 0 aliphatic carbocycles. The maximum absolute atomic E-state index is 12.5. The van der Waals surface area contributed by atoms with Gasteiger partial charge in [0.15, 0.2) is 11.5 Å². The highest BCUT2D eigenvalue weighted by atomic mass is 32.2. The fraction of sp³-hybridized carbons (Fsp3) is 0.158. The zero-order valence-corrected chi connectivity index (χ0v) is 16.7. The summed E-state index contributed by atoms with van der Waals surface area (Å²) < 4.78 is 35.8. The third-order valence-corrected chi connectivity index (χ3v) is 5.78. The molecule has 1 aliphatic rings. The summed E-state index contributed by atoms with van der Waals surface area (Å²) >= 11 is 0.794. The highest BCUT2D eigenvalue weighted by Crippen LogP contribution is 2.33. The maximum atomic E-state index is 12.5. The Labute approximate surface area is 166 Å². The van der Waals surface area contributed by atoms with Crippen molar-refractivity contribution >= 4 is 39.1 Å². The molecule has 3 rings (SSSR count). The lowest BCUT2D eigenvalue weighted by atomic mass is 10.2. The first-order valence-corrected chi connectivity index (χ1v) is 10.5. The lowest BCUT2D eigenvalue weighted by molar-refractivity contribution is -0.115. The molecule has 9 heteroatoms. The molecule has 0 radical (unpaired) electrons. The molecule has 1 N–H and O–H groups in total. The molecule has 1 aliphatic heterocycles. The van der Waals surface area contributed by atoms with E-state index in [1.807, 2.05) is 6.92 Å². The molecule has 0 spiro atoms. The van der Waals surface area contributed by atoms with Gasteiger partial charge in [-0.3, -0.25) is 14.9 Å². The van der Waals surface area contributed by atoms with Crippen LogP contribution in [0.15, 0.2) is 52.3 Å². The summed E-state index contributed by atoms with van der Waals surface area (Å²) in [6, 6.07) is 10.9. The molecule has 2 aromatic rings. The number of aryl methyl sites for hydroxylation is 1. The van der Waals surface area contributed by atoms with Crippen LogP contribution in [0.4, 0.5) is 4.79 Å². The number of rotatable bonds is 6. The second-order valence-electron chi connectivity index (χ2n) is 5.84. The highest BCUT2D eigenvalue weighted by molar-refractivity contribution is 8.18. The van der Waals surface area contributed by atoms with Crippen LogP contribution in [0.2, 0.25) is 0 Å². The van der Waals surface area contributed by atoms with Crippen molar-refractivity contribution < 1.29 is 26.9 Å². The van der Waals surface area contributed by atoms with E-state index in [-0.39, 0.29) is 27.9 Å². The van der Waals surface area contributed by atoms with Crippen LogP contribution in [0.1, 0.15) is 18.1 Å². The fourth-order valence-corrected chi connectivity index (χ4v) is 4.02. The van der Waals surface area contributed by atoms with Gasteiger partial charge in [-0.25, -0.2) is 0 Å². The van der Waals surface area contributed by atoms with Crippen molar-refractivity contribution in [3.8, 4) is 11.5 Å². The number of nitrogens with one attached hydrogen (secondary N) is 1. The third kappa shape index (κ3) is 4.55. The molecule has 0 aromatic heterocycles. The number of imide groups is 1. The van der Waals surface area contributed by atoms with Crippen LogP contribution in [-0.2, 0) is 14.9 Å². The molecule has 2 aromatic carbocycles. The number of carbonyl (C=O) groups excluding carboxylic acids is 2. The van der Waals surface area contributed by atoms with E-state index < -0.39 is 21.3 Å². The van der Waals surface area contributed by atoms with Gasteiger partial charge in [-0.1, -0.05) is 23.8 Å². The minimum absolute atomic E-state index is 0.0316. The van der Waals surface area contributed by atoms with E-state index in [9.17, 15) is 18.0 Å². The van der Waals surface area contributed by atoms with Gasteiger partial charge in [-0.2, -0.15) is 8.42 Å². The fourth-order valence-electron chi connectivity index (χ4n) is 2.40. The number of hydrogen-bond donors (Lipinski definition) is 1. The van der Waals surface area contributed by atoms with Gasteiger partial charge in [0.2, 0.25) is 0 Å². The van der Waals surface area contributed by atoms with Gasteiger partial charge in [0.25, 0.3) is 11.1 Å². The van der Waals surface area contributed by atoms with Crippen molar-refractivity contribution in [3.05, 3.63) is 58.5 Å². The molecule has 0 atom stereocenters. The molecule has 146 valence electrons. The Morgan fingerprint density at radius 1 is 1.07 bits per heavy atom. The number of ether oxygens (including phenoxy) is 1. The molecule has 0 unspecified atom stereocenters. The number of carbonyl (C=O) groups is 2. The van der Waals surface area contributed by atoms with E-state index in [1.54, 1.807) is 31.2 Å². The number of amides is 2. The van der Waals surface area contributed by atoms with Crippen LogP contribution in [0.5, 0.6) is 11.5 Å². The first-order chi connectivity index (χ1) is 13.3. The molecular formula is C19H17NO6S2. The van der Waals surface area contributed by atoms with Crippen molar-refractivity contribution in [2.75, 3.05) is 6.61 Å². The summed E-state index contributed by atoms with van der Waals surface area (Å²) in [5.41, 5.74) is 1.49. The SMILES string of the molecule is CCOc1cc(C=C2SC(=O)NC2=O)ccc1OS(=O)(=O)c1ccc(C)cc1. The Kier molecular flexibility index (Phi) is 5.76. The van der Waals surface area contributed by atoms with Crippen LogP contribution in [0.25, 0.3) is 6.08 Å². The molecule has 1 heterocycles. The van der Waals surface area contributed by atoms with E-state index in [4.69, 9.17) is 8.92 Å². The summed E-state index contributed by atoms with van der Waals surface area (Å²) in [6.45, 7) is 3.89. The zero-order valence-electron chi connectivity index (χ0n) is 15.1. The number of hydrogen-bond acceptors (Lipinski definition) is 7. The van der Waals surface area contributed by atoms with E-state index in [1.165, 1.54) is 24.3 Å². The molecule has 2 amide bonds. The summed E-state index contributed by atoms with van der Waals surface area (Å²) in [7, 11) is -4.03. The van der Waals surface area contributed by atoms with Crippen molar-refractivity contribution in [1.29, 1.82) is 0 Å². The first-order valence-electron chi connectivity index (χ1n) is 8.31. The Morgan fingerprint density at radius 3 is 2.39 bits per heavy atom. The summed E-state index contributed by atoms with van der Waals surface area (Å²) in [5, 5.41) is 1.73. The summed E-state index contributed by atoms with van der Waals surface area (Å²) in [4.78, 5) is 23.2. The molecule has 28 heavy (non-hydrogen) atoms. The minimum Gasteiger partial charge on any atom is -0.490 e. The maximum Gasteiger partial charge on any atom is 0.339 e. The van der Waals surface area contributed by atoms with E-state index >= 15 is 0 Å². The topological polar surface area (TPSA) is 98.8 Å². The lowest BCUT2D eigenvalue weighted by Gasteiger charge is -2.13. The van der Waals surface area contributed by atoms with Gasteiger partial charge in [0.05, 0.1) is 11.5 Å². The Morgan fingerprint density at radius 2 is 1.79 bits per heavy atom. The number of thioether (sulfide) groups is 1. The second-order valence-corrected chi connectivity index (χ2v) is 8.40. The molecule has 1 fully saturated rings. The van der Waals surface area contributed by atoms with Crippen molar-refractivity contribution in [2.24, 2.45) is 0 Å². The first kappa shape index (κ1) is 20.0. The largest absolute Gasteiger partial charge is 0.490 e. The monoisotopic (exact) mass is 419 g/mol. The van der Waals surface area contributed by atoms with E-state index in [0.29, 0.717) is 5.56 Å². The standard InChI is InChI=1S/C19H17NO6S2/c1-3-25-16-10-13(11-17-18(21)20-19(22)27-17)6-9-15(16)26-28(23,24)14-7-4-12(2)5-8-14/h4-11H,3H2,1-2H3,(H,20,21,22). The predicted octanol–water partition coefficient (Wildman–Crippen LogP) is 3.49. The normalized spacial score (nSPS) is 15.6. The Balaban J connectivity index is 1.91. The highest BCUT2D eigenvalue weighted by Gasteiger charge is 2.25. The van der Waals surface area contributed by atoms with Gasteiger partial charge >= 0.3 is 10.1 Å². The Hall–Kier alpha value is -2.78. The van der Waals surface area contributed by atoms with E-state index in [2.05, 4.69) is 5.32 Å². The van der Waals surface area contributed by atoms with Crippen LogP contribution >= 0.6 is 11.8 Å². The smallest absolute Gasteiger partial charge is 0.339 e. The van der Waals surface area contributed by atoms with Crippen LogP contribution in [-0.4, -0.2) is 26.2 Å². The van der Waals surface area contributed by atoms with Crippen molar-refractivity contribution in [3.63, 3.8) is 0 Å². The van der Waals surface area contributed by atoms with Crippen LogP contribution < -0.4 is 14.2 Å². The second kappa shape index (κ2) is 8.07.